The summed E-state index contributed by atoms with van der Waals surface area (Å²) >= 11 is 0. The number of amides is 4. The minimum Gasteiger partial charge on any atom is -0.481 e. The van der Waals surface area contributed by atoms with Crippen molar-refractivity contribution in [3.05, 3.63) is 0 Å². The third kappa shape index (κ3) is 7.31. The molecule has 0 aromatic rings. The van der Waals surface area contributed by atoms with Crippen LogP contribution in [-0.4, -0.2) is 81.4 Å². The normalized spacial score (nSPS) is 18.7. The summed E-state index contributed by atoms with van der Waals surface area (Å²) in [5.74, 6) is -5.71. The molecule has 30 heavy (non-hydrogen) atoms. The van der Waals surface area contributed by atoms with Gasteiger partial charge in [0.05, 0.1) is 12.5 Å². The molecule has 0 spiro atoms. The molecule has 0 aliphatic carbocycles. The van der Waals surface area contributed by atoms with Crippen LogP contribution in [0.1, 0.15) is 39.0 Å². The van der Waals surface area contributed by atoms with E-state index in [4.69, 9.17) is 21.7 Å². The smallest absolute Gasteiger partial charge is 0.326 e. The molecule has 13 heteroatoms. The summed E-state index contributed by atoms with van der Waals surface area (Å²) in [5.41, 5.74) is 10.6. The van der Waals surface area contributed by atoms with Crippen molar-refractivity contribution < 1.29 is 39.0 Å². The molecule has 1 aliphatic rings. The van der Waals surface area contributed by atoms with Crippen LogP contribution in [0, 0.1) is 0 Å². The highest BCUT2D eigenvalue weighted by Crippen LogP contribution is 2.20. The van der Waals surface area contributed by atoms with E-state index in [1.807, 2.05) is 0 Å². The summed E-state index contributed by atoms with van der Waals surface area (Å²) in [5, 5.41) is 22.4. The number of carboxylic acid groups (broad SMARTS) is 2. The van der Waals surface area contributed by atoms with E-state index in [1.165, 1.54) is 11.8 Å². The molecular formula is C17H27N5O8. The largest absolute Gasteiger partial charge is 0.481 e. The molecule has 0 aromatic heterocycles. The summed E-state index contributed by atoms with van der Waals surface area (Å²) in [4.78, 5) is 71.7. The Labute approximate surface area is 172 Å². The fourth-order valence-electron chi connectivity index (χ4n) is 2.99. The number of primary amides is 1. The van der Waals surface area contributed by atoms with Crippen LogP contribution in [0.5, 0.6) is 0 Å². The minimum atomic E-state index is -1.66. The van der Waals surface area contributed by atoms with Crippen LogP contribution >= 0.6 is 0 Å². The van der Waals surface area contributed by atoms with Crippen molar-refractivity contribution in [2.24, 2.45) is 11.5 Å². The van der Waals surface area contributed by atoms with Crippen molar-refractivity contribution in [1.82, 2.24) is 15.5 Å². The first-order valence-electron chi connectivity index (χ1n) is 9.33. The maximum atomic E-state index is 13.0. The second-order valence-corrected chi connectivity index (χ2v) is 7.04. The number of hydrogen-bond acceptors (Lipinski definition) is 7. The van der Waals surface area contributed by atoms with E-state index in [0.29, 0.717) is 6.42 Å². The summed E-state index contributed by atoms with van der Waals surface area (Å²) in [6, 6.07) is -4.77. The SMILES string of the molecule is C[C@H](N)C(=O)N[C@@H](CCC(N)=O)C(=O)N1CCC[C@H]1C(=O)N[C@@H](CC(=O)O)C(=O)O. The maximum Gasteiger partial charge on any atom is 0.326 e. The van der Waals surface area contributed by atoms with Crippen LogP contribution in [0.4, 0.5) is 0 Å². The van der Waals surface area contributed by atoms with Gasteiger partial charge in [-0.3, -0.25) is 24.0 Å². The average Bonchev–Trinajstić information content (AvgIpc) is 3.12. The van der Waals surface area contributed by atoms with Crippen LogP contribution in [0.3, 0.4) is 0 Å². The predicted molar refractivity (Wildman–Crippen MR) is 101 cm³/mol. The van der Waals surface area contributed by atoms with Crippen LogP contribution < -0.4 is 22.1 Å². The van der Waals surface area contributed by atoms with E-state index < -0.39 is 66.2 Å². The van der Waals surface area contributed by atoms with Gasteiger partial charge in [-0.1, -0.05) is 0 Å². The number of carbonyl (C=O) groups excluding carboxylic acids is 4. The summed E-state index contributed by atoms with van der Waals surface area (Å²) < 4.78 is 0. The Morgan fingerprint density at radius 3 is 2.23 bits per heavy atom. The predicted octanol–water partition coefficient (Wildman–Crippen LogP) is -2.88. The van der Waals surface area contributed by atoms with Gasteiger partial charge in [-0.15, -0.1) is 0 Å². The highest BCUT2D eigenvalue weighted by molar-refractivity contribution is 5.95. The summed E-state index contributed by atoms with van der Waals surface area (Å²) in [6.07, 6.45) is -0.466. The lowest BCUT2D eigenvalue weighted by atomic mass is 10.1. The quantitative estimate of drug-likeness (QED) is 0.198. The number of hydrogen-bond donors (Lipinski definition) is 6. The fourth-order valence-corrected chi connectivity index (χ4v) is 2.99. The Morgan fingerprint density at radius 2 is 1.73 bits per heavy atom. The van der Waals surface area contributed by atoms with Gasteiger partial charge in [0.25, 0.3) is 0 Å². The molecule has 0 aromatic carbocycles. The molecule has 4 amide bonds. The zero-order chi connectivity index (χ0) is 23.0. The Bertz CT molecular complexity index is 710. The molecule has 0 saturated carbocycles. The van der Waals surface area contributed by atoms with Crippen LogP contribution in [-0.2, 0) is 28.8 Å². The topological polar surface area (TPSA) is 222 Å². The molecule has 4 atom stereocenters. The summed E-state index contributed by atoms with van der Waals surface area (Å²) in [6.45, 7) is 1.57. The molecule has 1 saturated heterocycles. The maximum absolute atomic E-state index is 13.0. The van der Waals surface area contributed by atoms with Crippen molar-refractivity contribution in [1.29, 1.82) is 0 Å². The van der Waals surface area contributed by atoms with Gasteiger partial charge in [0, 0.05) is 13.0 Å². The van der Waals surface area contributed by atoms with Crippen LogP contribution in [0.2, 0.25) is 0 Å². The number of rotatable bonds is 11. The van der Waals surface area contributed by atoms with Crippen molar-refractivity contribution in [2.45, 2.75) is 63.2 Å². The zero-order valence-corrected chi connectivity index (χ0v) is 16.5. The first kappa shape index (κ1) is 24.8. The Hall–Kier alpha value is -3.22. The number of carbonyl (C=O) groups is 6. The van der Waals surface area contributed by atoms with Gasteiger partial charge in [0.1, 0.15) is 18.1 Å². The molecular weight excluding hydrogens is 402 g/mol. The lowest BCUT2D eigenvalue weighted by Gasteiger charge is -2.29. The number of nitrogens with two attached hydrogens (primary N) is 2. The number of likely N-dealkylation sites (tertiary alicyclic amines) is 1. The molecule has 1 aliphatic heterocycles. The molecule has 1 heterocycles. The Balaban J connectivity index is 2.95. The second kappa shape index (κ2) is 11.1. The Morgan fingerprint density at radius 1 is 1.10 bits per heavy atom. The first-order chi connectivity index (χ1) is 13.9. The number of aliphatic carboxylic acids is 2. The van der Waals surface area contributed by atoms with E-state index in [9.17, 15) is 28.8 Å². The number of carboxylic acids is 2. The fraction of sp³-hybridized carbons (Fsp3) is 0.647. The van der Waals surface area contributed by atoms with Gasteiger partial charge >= 0.3 is 11.9 Å². The summed E-state index contributed by atoms with van der Waals surface area (Å²) in [7, 11) is 0. The van der Waals surface area contributed by atoms with Gasteiger partial charge in [-0.25, -0.2) is 4.79 Å². The monoisotopic (exact) mass is 429 g/mol. The van der Waals surface area contributed by atoms with E-state index >= 15 is 0 Å². The van der Waals surface area contributed by atoms with Gasteiger partial charge in [-0.05, 0) is 26.2 Å². The molecule has 1 rings (SSSR count). The van der Waals surface area contributed by atoms with E-state index in [2.05, 4.69) is 10.6 Å². The lowest BCUT2D eigenvalue weighted by Crippen LogP contribution is -2.56. The second-order valence-electron chi connectivity index (χ2n) is 7.04. The molecule has 0 radical (unpaired) electrons. The third-order valence-corrected chi connectivity index (χ3v) is 4.54. The van der Waals surface area contributed by atoms with Crippen molar-refractivity contribution in [3.63, 3.8) is 0 Å². The number of nitrogens with one attached hydrogen (secondary N) is 2. The molecule has 8 N–H and O–H groups in total. The lowest BCUT2D eigenvalue weighted by molar-refractivity contribution is -0.148. The molecule has 1 fully saturated rings. The van der Waals surface area contributed by atoms with Crippen molar-refractivity contribution in [3.8, 4) is 0 Å². The van der Waals surface area contributed by atoms with Crippen molar-refractivity contribution >= 4 is 35.6 Å². The molecule has 168 valence electrons. The highest BCUT2D eigenvalue weighted by atomic mass is 16.4. The average molecular weight is 429 g/mol. The molecule has 0 unspecified atom stereocenters. The first-order valence-corrected chi connectivity index (χ1v) is 9.33. The third-order valence-electron chi connectivity index (χ3n) is 4.54. The van der Waals surface area contributed by atoms with Gasteiger partial charge in [0.2, 0.25) is 23.6 Å². The van der Waals surface area contributed by atoms with Gasteiger partial charge < -0.3 is 37.2 Å². The Kier molecular flexibility index (Phi) is 9.17. The van der Waals surface area contributed by atoms with E-state index in [1.54, 1.807) is 0 Å². The molecule has 13 nitrogen and oxygen atoms in total. The van der Waals surface area contributed by atoms with E-state index in [-0.39, 0.29) is 25.8 Å². The van der Waals surface area contributed by atoms with Gasteiger partial charge in [0.15, 0.2) is 0 Å². The highest BCUT2D eigenvalue weighted by Gasteiger charge is 2.39. The van der Waals surface area contributed by atoms with Crippen LogP contribution in [0.25, 0.3) is 0 Å². The van der Waals surface area contributed by atoms with Crippen LogP contribution in [0.15, 0.2) is 0 Å². The molecule has 0 bridgehead atoms. The number of nitrogens with zero attached hydrogens (tertiary/aromatic N) is 1. The van der Waals surface area contributed by atoms with Gasteiger partial charge in [-0.2, -0.15) is 0 Å². The van der Waals surface area contributed by atoms with E-state index in [0.717, 1.165) is 0 Å². The zero-order valence-electron chi connectivity index (χ0n) is 16.5. The minimum absolute atomic E-state index is 0.103. The van der Waals surface area contributed by atoms with Crippen molar-refractivity contribution in [2.75, 3.05) is 6.54 Å². The standard InChI is InChI=1S/C17H27N5O8/c1-8(18)14(26)20-9(4-5-12(19)23)16(28)22-6-2-3-11(22)15(27)21-10(17(29)30)7-13(24)25/h8-11H,2-7,18H2,1H3,(H2,19,23)(H,20,26)(H,21,27)(H,24,25)(H,29,30)/t8-,9-,10-,11-/m0/s1.